The lowest BCUT2D eigenvalue weighted by molar-refractivity contribution is 0.0708. The van der Waals surface area contributed by atoms with Crippen LogP contribution in [-0.4, -0.2) is 55.6 Å². The molecule has 0 saturated heterocycles. The number of ether oxygens (including phenoxy) is 2. The zero-order valence-corrected chi connectivity index (χ0v) is 23.0. The molecule has 0 N–H and O–H groups in total. The highest BCUT2D eigenvalue weighted by atomic mass is 16.5. The minimum Gasteiger partial charge on any atom is -0.493 e. The maximum atomic E-state index is 13.9. The second-order valence-corrected chi connectivity index (χ2v) is 10.1. The van der Waals surface area contributed by atoms with Gasteiger partial charge >= 0.3 is 0 Å². The predicted octanol–water partition coefficient (Wildman–Crippen LogP) is 5.34. The standard InChI is InChI=1S/C30H38N2O5/c1-8-31(9-2)12-13-32-27(21-10-11-23(25(16-21)35-7)36-17-18(3)4)26-28(33)22-14-19(5)20(6)15-24(22)37-29(26)30(32)34/h10-11,14-16,18,27H,8-9,12-13,17H2,1-7H3. The molecule has 0 radical (unpaired) electrons. The fraction of sp³-hybridized carbons (Fsp3) is 0.467. The van der Waals surface area contributed by atoms with Gasteiger partial charge in [0.1, 0.15) is 5.58 Å². The van der Waals surface area contributed by atoms with Crippen LogP contribution in [-0.2, 0) is 0 Å². The number of amides is 1. The van der Waals surface area contributed by atoms with Gasteiger partial charge in [0.25, 0.3) is 5.91 Å². The molecular weight excluding hydrogens is 468 g/mol. The first-order chi connectivity index (χ1) is 17.7. The van der Waals surface area contributed by atoms with Crippen LogP contribution in [0.5, 0.6) is 11.5 Å². The Kier molecular flexibility index (Phi) is 7.93. The van der Waals surface area contributed by atoms with Crippen LogP contribution in [0.2, 0.25) is 0 Å². The minimum absolute atomic E-state index is 0.129. The summed E-state index contributed by atoms with van der Waals surface area (Å²) in [5, 5.41) is 0.495. The lowest BCUT2D eigenvalue weighted by atomic mass is 9.97. The number of benzene rings is 2. The van der Waals surface area contributed by atoms with Crippen molar-refractivity contribution in [2.45, 2.75) is 47.6 Å². The number of aryl methyl sites for hydroxylation is 2. The molecular formula is C30H38N2O5. The summed E-state index contributed by atoms with van der Waals surface area (Å²) in [7, 11) is 1.60. The van der Waals surface area contributed by atoms with Crippen LogP contribution in [0, 0.1) is 19.8 Å². The topological polar surface area (TPSA) is 72.2 Å². The lowest BCUT2D eigenvalue weighted by Gasteiger charge is -2.28. The number of methoxy groups -OCH3 is 1. The maximum Gasteiger partial charge on any atom is 0.290 e. The summed E-state index contributed by atoms with van der Waals surface area (Å²) in [5.74, 6) is 1.44. The van der Waals surface area contributed by atoms with Gasteiger partial charge in [0, 0.05) is 13.1 Å². The van der Waals surface area contributed by atoms with E-state index in [1.165, 1.54) is 0 Å². The molecule has 3 aromatic rings. The number of carbonyl (C=O) groups is 1. The molecule has 198 valence electrons. The molecule has 0 aliphatic carbocycles. The minimum atomic E-state index is -0.576. The van der Waals surface area contributed by atoms with Gasteiger partial charge in [0.05, 0.1) is 30.7 Å². The van der Waals surface area contributed by atoms with E-state index in [-0.39, 0.29) is 17.1 Å². The molecule has 1 amide bonds. The molecule has 1 aliphatic heterocycles. The summed E-state index contributed by atoms with van der Waals surface area (Å²) in [5.41, 5.74) is 3.47. The van der Waals surface area contributed by atoms with Crippen molar-refractivity contribution in [3.63, 3.8) is 0 Å². The molecule has 1 atom stereocenters. The van der Waals surface area contributed by atoms with Crippen molar-refractivity contribution in [1.29, 1.82) is 0 Å². The number of carbonyl (C=O) groups excluding carboxylic acids is 1. The molecule has 1 aromatic heterocycles. The van der Waals surface area contributed by atoms with Crippen LogP contribution in [0.25, 0.3) is 11.0 Å². The number of hydrogen-bond acceptors (Lipinski definition) is 6. The average molecular weight is 507 g/mol. The number of nitrogens with zero attached hydrogens (tertiary/aromatic N) is 2. The quantitative estimate of drug-likeness (QED) is 0.370. The second kappa shape index (κ2) is 11.0. The van der Waals surface area contributed by atoms with Gasteiger partial charge in [-0.1, -0.05) is 33.8 Å². The summed E-state index contributed by atoms with van der Waals surface area (Å²) in [6, 6.07) is 8.78. The zero-order chi connectivity index (χ0) is 26.9. The molecule has 0 bridgehead atoms. The normalized spacial score (nSPS) is 15.2. The first-order valence-corrected chi connectivity index (χ1v) is 13.1. The zero-order valence-electron chi connectivity index (χ0n) is 23.0. The third-order valence-electron chi connectivity index (χ3n) is 7.21. The Hall–Kier alpha value is -3.32. The Balaban J connectivity index is 1.86. The second-order valence-electron chi connectivity index (χ2n) is 10.1. The van der Waals surface area contributed by atoms with Gasteiger partial charge in [0.15, 0.2) is 16.9 Å². The smallest absolute Gasteiger partial charge is 0.290 e. The van der Waals surface area contributed by atoms with E-state index in [2.05, 4.69) is 32.6 Å². The largest absolute Gasteiger partial charge is 0.493 e. The van der Waals surface area contributed by atoms with E-state index >= 15 is 0 Å². The molecule has 4 rings (SSSR count). The molecule has 7 heteroatoms. The molecule has 7 nitrogen and oxygen atoms in total. The third kappa shape index (κ3) is 5.10. The Labute approximate surface area is 219 Å². The molecule has 1 aliphatic rings. The fourth-order valence-corrected chi connectivity index (χ4v) is 4.87. The highest BCUT2D eigenvalue weighted by molar-refractivity contribution is 5.99. The summed E-state index contributed by atoms with van der Waals surface area (Å²) < 4.78 is 17.8. The number of likely N-dealkylation sites (N-methyl/N-ethyl adjacent to an activating group) is 1. The van der Waals surface area contributed by atoms with Crippen LogP contribution < -0.4 is 14.9 Å². The van der Waals surface area contributed by atoms with E-state index in [9.17, 15) is 9.59 Å². The van der Waals surface area contributed by atoms with Gasteiger partial charge in [-0.2, -0.15) is 0 Å². The Morgan fingerprint density at radius 3 is 2.38 bits per heavy atom. The SMILES string of the molecule is CCN(CC)CCN1C(=O)c2oc3cc(C)c(C)cc3c(=O)c2C1c1ccc(OCC(C)C)c(OC)c1. The molecule has 2 aromatic carbocycles. The lowest BCUT2D eigenvalue weighted by Crippen LogP contribution is -2.37. The van der Waals surface area contributed by atoms with Crippen molar-refractivity contribution in [1.82, 2.24) is 9.80 Å². The Bertz CT molecular complexity index is 1360. The molecule has 0 saturated carbocycles. The van der Waals surface area contributed by atoms with Gasteiger partial charge in [0.2, 0.25) is 5.76 Å². The van der Waals surface area contributed by atoms with E-state index in [1.807, 2.05) is 44.2 Å². The summed E-state index contributed by atoms with van der Waals surface area (Å²) >= 11 is 0. The molecule has 0 spiro atoms. The van der Waals surface area contributed by atoms with Crippen LogP contribution in [0.4, 0.5) is 0 Å². The van der Waals surface area contributed by atoms with E-state index < -0.39 is 6.04 Å². The highest BCUT2D eigenvalue weighted by Crippen LogP contribution is 2.41. The van der Waals surface area contributed by atoms with Gasteiger partial charge < -0.3 is 23.7 Å². The molecule has 0 fully saturated rings. The van der Waals surface area contributed by atoms with Crippen molar-refractivity contribution in [2.75, 3.05) is 39.9 Å². The Morgan fingerprint density at radius 2 is 1.73 bits per heavy atom. The van der Waals surface area contributed by atoms with Gasteiger partial charge in [-0.3, -0.25) is 9.59 Å². The summed E-state index contributed by atoms with van der Waals surface area (Å²) in [6.07, 6.45) is 0. The van der Waals surface area contributed by atoms with Crippen molar-refractivity contribution < 1.29 is 18.7 Å². The van der Waals surface area contributed by atoms with E-state index in [0.29, 0.717) is 53.6 Å². The van der Waals surface area contributed by atoms with Crippen molar-refractivity contribution >= 4 is 16.9 Å². The number of hydrogen-bond donors (Lipinski definition) is 0. The average Bonchev–Trinajstić information content (AvgIpc) is 3.16. The predicted molar refractivity (Wildman–Crippen MR) is 146 cm³/mol. The van der Waals surface area contributed by atoms with Crippen molar-refractivity contribution in [3.05, 3.63) is 68.6 Å². The first-order valence-electron chi connectivity index (χ1n) is 13.1. The van der Waals surface area contributed by atoms with Crippen molar-refractivity contribution in [3.8, 4) is 11.5 Å². The van der Waals surface area contributed by atoms with Gasteiger partial charge in [-0.15, -0.1) is 0 Å². The summed E-state index contributed by atoms with van der Waals surface area (Å²) in [6.45, 7) is 15.8. The number of fused-ring (bicyclic) bond motifs is 2. The summed E-state index contributed by atoms with van der Waals surface area (Å²) in [4.78, 5) is 31.7. The van der Waals surface area contributed by atoms with E-state index in [1.54, 1.807) is 12.0 Å². The van der Waals surface area contributed by atoms with Crippen LogP contribution >= 0.6 is 0 Å². The monoisotopic (exact) mass is 506 g/mol. The van der Waals surface area contributed by atoms with Crippen molar-refractivity contribution in [2.24, 2.45) is 5.92 Å². The number of rotatable bonds is 10. The van der Waals surface area contributed by atoms with Gasteiger partial charge in [-0.05, 0) is 73.8 Å². The molecule has 2 heterocycles. The maximum absolute atomic E-state index is 13.9. The highest BCUT2D eigenvalue weighted by Gasteiger charge is 2.43. The first kappa shape index (κ1) is 26.7. The fourth-order valence-electron chi connectivity index (χ4n) is 4.87. The van der Waals surface area contributed by atoms with Crippen LogP contribution in [0.3, 0.4) is 0 Å². The Morgan fingerprint density at radius 1 is 1.03 bits per heavy atom. The van der Waals surface area contributed by atoms with Crippen LogP contribution in [0.15, 0.2) is 39.5 Å². The van der Waals surface area contributed by atoms with E-state index in [0.717, 1.165) is 29.8 Å². The molecule has 37 heavy (non-hydrogen) atoms. The molecule has 1 unspecified atom stereocenters. The third-order valence-corrected chi connectivity index (χ3v) is 7.21. The van der Waals surface area contributed by atoms with E-state index in [4.69, 9.17) is 13.9 Å². The van der Waals surface area contributed by atoms with Gasteiger partial charge in [-0.25, -0.2) is 0 Å². The van der Waals surface area contributed by atoms with Crippen LogP contribution in [0.1, 0.15) is 66.5 Å².